The number of fused-ring (bicyclic) bond motifs is 1. The Kier molecular flexibility index (Phi) is 3.78. The summed E-state index contributed by atoms with van der Waals surface area (Å²) in [5.74, 6) is -0.886. The van der Waals surface area contributed by atoms with Gasteiger partial charge in [0.1, 0.15) is 0 Å². The monoisotopic (exact) mass is 305 g/mol. The van der Waals surface area contributed by atoms with Crippen molar-refractivity contribution < 1.29 is 9.90 Å². The highest BCUT2D eigenvalue weighted by Crippen LogP contribution is 2.32. The Morgan fingerprint density at radius 2 is 1.87 bits per heavy atom. The van der Waals surface area contributed by atoms with Gasteiger partial charge in [0, 0.05) is 22.7 Å². The maximum atomic E-state index is 11.0. The molecule has 0 atom stereocenters. The van der Waals surface area contributed by atoms with E-state index in [9.17, 15) is 4.79 Å². The van der Waals surface area contributed by atoms with Crippen LogP contribution in [0, 0.1) is 13.8 Å². The maximum absolute atomic E-state index is 11.0. The van der Waals surface area contributed by atoms with Gasteiger partial charge in [-0.25, -0.2) is 4.79 Å². The van der Waals surface area contributed by atoms with Gasteiger partial charge in [-0.3, -0.25) is 0 Å². The SMILES string of the molecule is C/C(=C\c1cc(C)c(-c2cccc3[nH]ccc23)cc1C)C(=O)O. The number of aromatic amines is 1. The summed E-state index contributed by atoms with van der Waals surface area (Å²) in [6.07, 6.45) is 3.68. The van der Waals surface area contributed by atoms with Gasteiger partial charge in [0.05, 0.1) is 0 Å². The molecule has 0 saturated heterocycles. The molecule has 2 N–H and O–H groups in total. The lowest BCUT2D eigenvalue weighted by Gasteiger charge is -2.12. The van der Waals surface area contributed by atoms with Crippen LogP contribution in [0.15, 0.2) is 48.2 Å². The summed E-state index contributed by atoms with van der Waals surface area (Å²) >= 11 is 0. The van der Waals surface area contributed by atoms with E-state index in [1.807, 2.05) is 19.2 Å². The van der Waals surface area contributed by atoms with E-state index in [0.29, 0.717) is 5.57 Å². The predicted molar refractivity (Wildman–Crippen MR) is 94.5 cm³/mol. The van der Waals surface area contributed by atoms with Gasteiger partial charge >= 0.3 is 5.97 Å². The third kappa shape index (κ3) is 2.78. The van der Waals surface area contributed by atoms with E-state index in [1.54, 1.807) is 13.0 Å². The molecule has 0 aliphatic rings. The number of carbonyl (C=O) groups is 1. The third-order valence-electron chi connectivity index (χ3n) is 4.21. The van der Waals surface area contributed by atoms with Crippen LogP contribution in [0.3, 0.4) is 0 Å². The van der Waals surface area contributed by atoms with Crippen molar-refractivity contribution >= 4 is 22.9 Å². The molecule has 0 unspecified atom stereocenters. The van der Waals surface area contributed by atoms with Crippen LogP contribution in [0.5, 0.6) is 0 Å². The Morgan fingerprint density at radius 3 is 2.61 bits per heavy atom. The summed E-state index contributed by atoms with van der Waals surface area (Å²) < 4.78 is 0. The lowest BCUT2D eigenvalue weighted by atomic mass is 9.92. The molecule has 0 aliphatic carbocycles. The molecule has 0 aliphatic heterocycles. The molecule has 1 heterocycles. The summed E-state index contributed by atoms with van der Waals surface area (Å²) in [4.78, 5) is 14.3. The minimum absolute atomic E-state index is 0.341. The number of carboxylic acid groups (broad SMARTS) is 1. The van der Waals surface area contributed by atoms with Crippen LogP contribution in [-0.2, 0) is 4.79 Å². The normalized spacial score (nSPS) is 11.9. The van der Waals surface area contributed by atoms with Crippen molar-refractivity contribution in [3.05, 3.63) is 64.9 Å². The van der Waals surface area contributed by atoms with Crippen molar-refractivity contribution in [2.75, 3.05) is 0 Å². The summed E-state index contributed by atoms with van der Waals surface area (Å²) in [7, 11) is 0. The first-order chi connectivity index (χ1) is 11.0. The molecule has 1 aromatic heterocycles. The first-order valence-electron chi connectivity index (χ1n) is 7.56. The largest absolute Gasteiger partial charge is 0.478 e. The zero-order valence-electron chi connectivity index (χ0n) is 13.5. The maximum Gasteiger partial charge on any atom is 0.331 e. The first-order valence-corrected chi connectivity index (χ1v) is 7.56. The molecule has 2 aromatic carbocycles. The molecule has 0 fully saturated rings. The van der Waals surface area contributed by atoms with Gasteiger partial charge in [-0.05, 0) is 66.8 Å². The van der Waals surface area contributed by atoms with E-state index in [-0.39, 0.29) is 0 Å². The Bertz CT molecular complexity index is 932. The van der Waals surface area contributed by atoms with Crippen LogP contribution in [0.1, 0.15) is 23.6 Å². The summed E-state index contributed by atoms with van der Waals surface area (Å²) in [6, 6.07) is 12.5. The number of benzene rings is 2. The number of aliphatic carboxylic acids is 1. The van der Waals surface area contributed by atoms with Gasteiger partial charge in [-0.1, -0.05) is 24.3 Å². The number of hydrogen-bond donors (Lipinski definition) is 2. The van der Waals surface area contributed by atoms with Gasteiger partial charge in [0.25, 0.3) is 0 Å². The third-order valence-corrected chi connectivity index (χ3v) is 4.21. The Hall–Kier alpha value is -2.81. The molecule has 3 heteroatoms. The Labute approximate surface area is 135 Å². The molecular formula is C20H19NO2. The highest BCUT2D eigenvalue weighted by molar-refractivity contribution is 5.96. The van der Waals surface area contributed by atoms with Crippen LogP contribution in [0.4, 0.5) is 0 Å². The second kappa shape index (κ2) is 5.76. The fourth-order valence-electron chi connectivity index (χ4n) is 2.90. The predicted octanol–water partition coefficient (Wildman–Crippen LogP) is 4.94. The van der Waals surface area contributed by atoms with Gasteiger partial charge in [0.2, 0.25) is 0 Å². The van der Waals surface area contributed by atoms with Crippen molar-refractivity contribution in [1.82, 2.24) is 4.98 Å². The number of H-pyrrole nitrogens is 1. The fraction of sp³-hybridized carbons (Fsp3) is 0.150. The average Bonchev–Trinajstić information content (AvgIpc) is 2.99. The molecule has 3 rings (SSSR count). The molecular weight excluding hydrogens is 286 g/mol. The van der Waals surface area contributed by atoms with Crippen molar-refractivity contribution in [1.29, 1.82) is 0 Å². The van der Waals surface area contributed by atoms with Crippen LogP contribution >= 0.6 is 0 Å². The van der Waals surface area contributed by atoms with E-state index in [2.05, 4.69) is 42.2 Å². The number of aromatic nitrogens is 1. The van der Waals surface area contributed by atoms with Crippen LogP contribution in [0.25, 0.3) is 28.1 Å². The van der Waals surface area contributed by atoms with Crippen LogP contribution in [-0.4, -0.2) is 16.1 Å². The van der Waals surface area contributed by atoms with Crippen LogP contribution in [0.2, 0.25) is 0 Å². The van der Waals surface area contributed by atoms with E-state index in [4.69, 9.17) is 5.11 Å². The van der Waals surface area contributed by atoms with Crippen molar-refractivity contribution in [3.8, 4) is 11.1 Å². The minimum atomic E-state index is -0.886. The van der Waals surface area contributed by atoms with Gasteiger partial charge in [-0.15, -0.1) is 0 Å². The van der Waals surface area contributed by atoms with Crippen molar-refractivity contribution in [3.63, 3.8) is 0 Å². The highest BCUT2D eigenvalue weighted by atomic mass is 16.4. The second-order valence-electron chi connectivity index (χ2n) is 5.90. The van der Waals surface area contributed by atoms with E-state index in [0.717, 1.165) is 22.2 Å². The molecule has 0 amide bonds. The molecule has 3 nitrogen and oxygen atoms in total. The van der Waals surface area contributed by atoms with Crippen LogP contribution < -0.4 is 0 Å². The zero-order valence-corrected chi connectivity index (χ0v) is 13.5. The van der Waals surface area contributed by atoms with E-state index < -0.39 is 5.97 Å². The number of nitrogens with one attached hydrogen (secondary N) is 1. The number of carboxylic acids is 1. The smallest absolute Gasteiger partial charge is 0.331 e. The lowest BCUT2D eigenvalue weighted by molar-refractivity contribution is -0.132. The molecule has 0 radical (unpaired) electrons. The fourth-order valence-corrected chi connectivity index (χ4v) is 2.90. The topological polar surface area (TPSA) is 53.1 Å². The number of aryl methyl sites for hydroxylation is 2. The van der Waals surface area contributed by atoms with Crippen molar-refractivity contribution in [2.24, 2.45) is 0 Å². The Morgan fingerprint density at radius 1 is 1.09 bits per heavy atom. The molecule has 116 valence electrons. The molecule has 3 aromatic rings. The lowest BCUT2D eigenvalue weighted by Crippen LogP contribution is -1.97. The van der Waals surface area contributed by atoms with Crippen molar-refractivity contribution in [2.45, 2.75) is 20.8 Å². The highest BCUT2D eigenvalue weighted by Gasteiger charge is 2.10. The quantitative estimate of drug-likeness (QED) is 0.673. The zero-order chi connectivity index (χ0) is 16.6. The average molecular weight is 305 g/mol. The minimum Gasteiger partial charge on any atom is -0.478 e. The summed E-state index contributed by atoms with van der Waals surface area (Å²) in [5, 5.41) is 10.3. The molecule has 0 bridgehead atoms. The first kappa shape index (κ1) is 15.1. The second-order valence-corrected chi connectivity index (χ2v) is 5.90. The van der Waals surface area contributed by atoms with Gasteiger partial charge in [0.15, 0.2) is 0 Å². The van der Waals surface area contributed by atoms with E-state index >= 15 is 0 Å². The van der Waals surface area contributed by atoms with E-state index in [1.165, 1.54) is 16.5 Å². The standard InChI is InChI=1S/C20H19NO2/c1-12-11-18(13(2)9-15(12)10-14(3)20(22)23)16-5-4-6-19-17(16)7-8-21-19/h4-11,21H,1-3H3,(H,22,23)/b14-10+. The Balaban J connectivity index is 2.16. The molecule has 0 spiro atoms. The molecule has 23 heavy (non-hydrogen) atoms. The number of hydrogen-bond acceptors (Lipinski definition) is 1. The van der Waals surface area contributed by atoms with Gasteiger partial charge < -0.3 is 10.1 Å². The summed E-state index contributed by atoms with van der Waals surface area (Å²) in [6.45, 7) is 5.69. The molecule has 0 saturated carbocycles. The summed E-state index contributed by atoms with van der Waals surface area (Å²) in [5.41, 5.74) is 6.98. The van der Waals surface area contributed by atoms with Gasteiger partial charge in [-0.2, -0.15) is 0 Å². The number of rotatable bonds is 3.